The molecular weight excluding hydrogens is 164 g/mol. The fraction of sp³-hybridized carbons (Fsp3) is 0.100. The molecule has 2 aromatic rings. The van der Waals surface area contributed by atoms with E-state index in [1.54, 1.807) is 6.07 Å². The van der Waals surface area contributed by atoms with E-state index in [4.69, 9.17) is 5.84 Å². The van der Waals surface area contributed by atoms with Crippen molar-refractivity contribution < 1.29 is 0 Å². The number of nitrogen functional groups attached to an aromatic ring is 1. The fourth-order valence-electron chi connectivity index (χ4n) is 1.45. The number of nitrogens with two attached hydrogens (primary N) is 1. The van der Waals surface area contributed by atoms with Crippen molar-refractivity contribution in [2.45, 2.75) is 6.92 Å². The number of aromatic nitrogens is 1. The number of hydrogen-bond donors (Lipinski definition) is 1. The predicted molar refractivity (Wildman–Crippen MR) is 53.1 cm³/mol. The lowest BCUT2D eigenvalue weighted by Crippen LogP contribution is -2.28. The van der Waals surface area contributed by atoms with Gasteiger partial charge in [-0.15, -0.1) is 0 Å². The highest BCUT2D eigenvalue weighted by Crippen LogP contribution is 2.13. The fourth-order valence-corrected chi connectivity index (χ4v) is 1.45. The SMILES string of the molecule is Cc1c2ccccc2cc(=O)n1N. The number of fused-ring (bicyclic) bond motifs is 1. The van der Waals surface area contributed by atoms with Gasteiger partial charge in [0.2, 0.25) is 0 Å². The first-order valence-corrected chi connectivity index (χ1v) is 4.06. The van der Waals surface area contributed by atoms with Gasteiger partial charge in [0, 0.05) is 17.1 Å². The Balaban J connectivity index is 3.02. The lowest BCUT2D eigenvalue weighted by atomic mass is 10.1. The number of benzene rings is 1. The summed E-state index contributed by atoms with van der Waals surface area (Å²) in [4.78, 5) is 11.3. The molecule has 66 valence electrons. The zero-order valence-electron chi connectivity index (χ0n) is 7.32. The van der Waals surface area contributed by atoms with Crippen molar-refractivity contribution in [2.75, 3.05) is 5.84 Å². The molecule has 0 atom stereocenters. The molecule has 0 aliphatic carbocycles. The molecule has 0 spiro atoms. The van der Waals surface area contributed by atoms with Gasteiger partial charge in [0.25, 0.3) is 5.56 Å². The number of hydrogen-bond acceptors (Lipinski definition) is 2. The number of nitrogens with zero attached hydrogens (tertiary/aromatic N) is 1. The maximum Gasteiger partial charge on any atom is 0.269 e. The van der Waals surface area contributed by atoms with E-state index < -0.39 is 0 Å². The van der Waals surface area contributed by atoms with Crippen LogP contribution in [0.4, 0.5) is 0 Å². The first kappa shape index (κ1) is 7.86. The highest BCUT2D eigenvalue weighted by atomic mass is 16.1. The van der Waals surface area contributed by atoms with E-state index in [0.29, 0.717) is 0 Å². The summed E-state index contributed by atoms with van der Waals surface area (Å²) in [6.07, 6.45) is 0. The van der Waals surface area contributed by atoms with Crippen molar-refractivity contribution in [1.82, 2.24) is 4.68 Å². The van der Waals surface area contributed by atoms with Crippen molar-refractivity contribution >= 4 is 10.8 Å². The van der Waals surface area contributed by atoms with Gasteiger partial charge >= 0.3 is 0 Å². The van der Waals surface area contributed by atoms with Crippen LogP contribution in [0.25, 0.3) is 10.8 Å². The first-order chi connectivity index (χ1) is 6.20. The van der Waals surface area contributed by atoms with Crippen molar-refractivity contribution in [3.63, 3.8) is 0 Å². The Hall–Kier alpha value is -1.77. The minimum Gasteiger partial charge on any atom is -0.336 e. The topological polar surface area (TPSA) is 48.0 Å². The first-order valence-electron chi connectivity index (χ1n) is 4.06. The van der Waals surface area contributed by atoms with Gasteiger partial charge in [0.1, 0.15) is 0 Å². The summed E-state index contributed by atoms with van der Waals surface area (Å²) < 4.78 is 1.17. The van der Waals surface area contributed by atoms with Gasteiger partial charge in [-0.05, 0) is 12.3 Å². The van der Waals surface area contributed by atoms with Crippen molar-refractivity contribution in [3.05, 3.63) is 46.4 Å². The van der Waals surface area contributed by atoms with E-state index in [0.717, 1.165) is 16.5 Å². The highest BCUT2D eigenvalue weighted by Gasteiger charge is 2.01. The molecule has 3 heteroatoms. The zero-order chi connectivity index (χ0) is 9.42. The van der Waals surface area contributed by atoms with E-state index in [1.165, 1.54) is 4.68 Å². The van der Waals surface area contributed by atoms with Gasteiger partial charge < -0.3 is 5.84 Å². The van der Waals surface area contributed by atoms with E-state index in [2.05, 4.69) is 0 Å². The van der Waals surface area contributed by atoms with Crippen LogP contribution in [-0.4, -0.2) is 4.68 Å². The van der Waals surface area contributed by atoms with Gasteiger partial charge in [-0.25, -0.2) is 4.68 Å². The number of aryl methyl sites for hydroxylation is 1. The second kappa shape index (κ2) is 2.62. The molecule has 0 amide bonds. The molecule has 1 aromatic heterocycles. The van der Waals surface area contributed by atoms with Gasteiger partial charge in [0.05, 0.1) is 0 Å². The van der Waals surface area contributed by atoms with Gasteiger partial charge in [-0.3, -0.25) is 4.79 Å². The average Bonchev–Trinajstić information content (AvgIpc) is 2.15. The summed E-state index contributed by atoms with van der Waals surface area (Å²) in [5.74, 6) is 5.55. The highest BCUT2D eigenvalue weighted by molar-refractivity contribution is 5.84. The summed E-state index contributed by atoms with van der Waals surface area (Å²) in [6, 6.07) is 9.24. The molecule has 0 aliphatic heterocycles. The number of rotatable bonds is 0. The molecule has 13 heavy (non-hydrogen) atoms. The van der Waals surface area contributed by atoms with E-state index >= 15 is 0 Å². The van der Waals surface area contributed by atoms with Crippen LogP contribution in [0, 0.1) is 6.92 Å². The predicted octanol–water partition coefficient (Wildman–Crippen LogP) is 1.02. The smallest absolute Gasteiger partial charge is 0.269 e. The third-order valence-electron chi connectivity index (χ3n) is 2.23. The third-order valence-corrected chi connectivity index (χ3v) is 2.23. The molecule has 0 radical (unpaired) electrons. The third kappa shape index (κ3) is 1.09. The van der Waals surface area contributed by atoms with Crippen LogP contribution in [0.3, 0.4) is 0 Å². The molecule has 0 fully saturated rings. The normalized spacial score (nSPS) is 10.5. The Labute approximate surface area is 75.4 Å². The second-order valence-corrected chi connectivity index (χ2v) is 3.03. The van der Waals surface area contributed by atoms with Crippen LogP contribution in [0.15, 0.2) is 35.1 Å². The Morgan fingerprint density at radius 3 is 2.77 bits per heavy atom. The van der Waals surface area contributed by atoms with E-state index in [9.17, 15) is 4.79 Å². The van der Waals surface area contributed by atoms with Crippen molar-refractivity contribution in [3.8, 4) is 0 Å². The zero-order valence-corrected chi connectivity index (χ0v) is 7.32. The molecule has 3 nitrogen and oxygen atoms in total. The summed E-state index contributed by atoms with van der Waals surface area (Å²) in [7, 11) is 0. The maximum atomic E-state index is 11.3. The molecule has 0 saturated heterocycles. The van der Waals surface area contributed by atoms with Gasteiger partial charge in [0.15, 0.2) is 0 Å². The lowest BCUT2D eigenvalue weighted by Gasteiger charge is -2.06. The van der Waals surface area contributed by atoms with Crippen LogP contribution >= 0.6 is 0 Å². The molecule has 0 saturated carbocycles. The van der Waals surface area contributed by atoms with E-state index in [1.807, 2.05) is 31.2 Å². The maximum absolute atomic E-state index is 11.3. The van der Waals surface area contributed by atoms with Crippen LogP contribution in [-0.2, 0) is 0 Å². The molecule has 1 heterocycles. The Bertz CT molecular complexity index is 514. The lowest BCUT2D eigenvalue weighted by molar-refractivity contribution is 0.901. The van der Waals surface area contributed by atoms with Crippen LogP contribution in [0.2, 0.25) is 0 Å². The molecular formula is C10H10N2O. The molecule has 0 unspecified atom stereocenters. The minimum absolute atomic E-state index is 0.170. The van der Waals surface area contributed by atoms with Crippen LogP contribution in [0.5, 0.6) is 0 Å². The standard InChI is InChI=1S/C10H10N2O/c1-7-9-5-3-2-4-8(9)6-10(13)12(7)11/h2-6H,11H2,1H3. The summed E-state index contributed by atoms with van der Waals surface area (Å²) >= 11 is 0. The molecule has 0 aliphatic rings. The Kier molecular flexibility index (Phi) is 1.59. The largest absolute Gasteiger partial charge is 0.336 e. The molecule has 1 aromatic carbocycles. The molecule has 2 N–H and O–H groups in total. The monoisotopic (exact) mass is 174 g/mol. The Morgan fingerprint density at radius 1 is 1.31 bits per heavy atom. The van der Waals surface area contributed by atoms with Crippen LogP contribution in [0.1, 0.15) is 5.69 Å². The van der Waals surface area contributed by atoms with Gasteiger partial charge in [-0.1, -0.05) is 24.3 Å². The summed E-state index contributed by atoms with van der Waals surface area (Å²) in [5, 5.41) is 1.95. The summed E-state index contributed by atoms with van der Waals surface area (Å²) in [6.45, 7) is 1.84. The van der Waals surface area contributed by atoms with Crippen LogP contribution < -0.4 is 11.4 Å². The number of pyridine rings is 1. The molecule has 2 rings (SSSR count). The average molecular weight is 174 g/mol. The second-order valence-electron chi connectivity index (χ2n) is 3.03. The quantitative estimate of drug-likeness (QED) is 0.606. The van der Waals surface area contributed by atoms with E-state index in [-0.39, 0.29) is 5.56 Å². The van der Waals surface area contributed by atoms with Gasteiger partial charge in [-0.2, -0.15) is 0 Å². The van der Waals surface area contributed by atoms with Crippen molar-refractivity contribution in [2.24, 2.45) is 0 Å². The Morgan fingerprint density at radius 2 is 2.00 bits per heavy atom. The molecule has 0 bridgehead atoms. The minimum atomic E-state index is -0.170. The summed E-state index contributed by atoms with van der Waals surface area (Å²) in [5.41, 5.74) is 0.624. The van der Waals surface area contributed by atoms with Crippen molar-refractivity contribution in [1.29, 1.82) is 0 Å².